The van der Waals surface area contributed by atoms with Crippen molar-refractivity contribution < 1.29 is 22.7 Å². The Kier molecular flexibility index (Phi) is 3.57. The lowest BCUT2D eigenvalue weighted by Crippen LogP contribution is -2.30. The monoisotopic (exact) mass is 242 g/mol. The van der Waals surface area contributed by atoms with Crippen LogP contribution in [-0.2, 0) is 6.42 Å². The van der Waals surface area contributed by atoms with Gasteiger partial charge in [-0.1, -0.05) is 17.7 Å². The van der Waals surface area contributed by atoms with E-state index in [0.717, 1.165) is 12.1 Å². The van der Waals surface area contributed by atoms with Gasteiger partial charge in [-0.25, -0.2) is 4.39 Å². The van der Waals surface area contributed by atoms with Crippen LogP contribution in [0.25, 0.3) is 0 Å². The van der Waals surface area contributed by atoms with Gasteiger partial charge in [0.2, 0.25) is 0 Å². The molecule has 1 nitrogen and oxygen atoms in total. The zero-order valence-corrected chi connectivity index (χ0v) is 8.11. The smallest absolute Gasteiger partial charge is 0.383 e. The van der Waals surface area contributed by atoms with E-state index in [1.807, 2.05) is 0 Å². The SMILES string of the molecule is O[C@@H](Cc1ccc(Cl)cc1F)C(F)(F)F. The molecular weight excluding hydrogens is 236 g/mol. The van der Waals surface area contributed by atoms with Crippen LogP contribution in [0.2, 0.25) is 5.02 Å². The Morgan fingerprint density at radius 2 is 1.93 bits per heavy atom. The summed E-state index contributed by atoms with van der Waals surface area (Å²) in [5.74, 6) is -0.856. The molecular formula is C9H7ClF4O. The second-order valence-corrected chi connectivity index (χ2v) is 3.43. The van der Waals surface area contributed by atoms with E-state index in [-0.39, 0.29) is 10.6 Å². The largest absolute Gasteiger partial charge is 0.414 e. The first kappa shape index (κ1) is 12.3. The molecule has 0 bridgehead atoms. The molecule has 0 fully saturated rings. The summed E-state index contributed by atoms with van der Waals surface area (Å²) >= 11 is 5.42. The van der Waals surface area contributed by atoms with E-state index >= 15 is 0 Å². The van der Waals surface area contributed by atoms with Gasteiger partial charge >= 0.3 is 6.18 Å². The number of rotatable bonds is 2. The first-order chi connectivity index (χ1) is 6.80. The first-order valence-electron chi connectivity index (χ1n) is 3.99. The summed E-state index contributed by atoms with van der Waals surface area (Å²) in [7, 11) is 0. The number of hydrogen-bond donors (Lipinski definition) is 1. The molecule has 6 heteroatoms. The fourth-order valence-corrected chi connectivity index (χ4v) is 1.17. The minimum Gasteiger partial charge on any atom is -0.383 e. The third-order valence-corrected chi connectivity index (χ3v) is 2.04. The van der Waals surface area contributed by atoms with Crippen molar-refractivity contribution >= 4 is 11.6 Å². The van der Waals surface area contributed by atoms with Crippen LogP contribution in [0, 0.1) is 5.82 Å². The Bertz CT molecular complexity index is 350. The maximum Gasteiger partial charge on any atom is 0.414 e. The maximum atomic E-state index is 13.0. The molecule has 0 aliphatic heterocycles. The Labute approximate surface area is 88.3 Å². The lowest BCUT2D eigenvalue weighted by atomic mass is 10.1. The summed E-state index contributed by atoms with van der Waals surface area (Å²) in [5, 5.41) is 8.80. The molecule has 84 valence electrons. The van der Waals surface area contributed by atoms with Crippen LogP contribution in [0.15, 0.2) is 18.2 Å². The quantitative estimate of drug-likeness (QED) is 0.791. The molecule has 1 rings (SSSR count). The van der Waals surface area contributed by atoms with Gasteiger partial charge in [0.05, 0.1) is 0 Å². The number of benzene rings is 1. The summed E-state index contributed by atoms with van der Waals surface area (Å²) < 4.78 is 48.9. The molecule has 0 aliphatic carbocycles. The van der Waals surface area contributed by atoms with Gasteiger partial charge in [-0.2, -0.15) is 13.2 Å². The van der Waals surface area contributed by atoms with Crippen molar-refractivity contribution in [3.63, 3.8) is 0 Å². The van der Waals surface area contributed by atoms with Crippen LogP contribution in [0.4, 0.5) is 17.6 Å². The number of aliphatic hydroxyl groups is 1. The van der Waals surface area contributed by atoms with E-state index in [4.69, 9.17) is 16.7 Å². The molecule has 1 aromatic rings. The topological polar surface area (TPSA) is 20.2 Å². The second kappa shape index (κ2) is 4.37. The van der Waals surface area contributed by atoms with Crippen molar-refractivity contribution in [2.24, 2.45) is 0 Å². The molecule has 0 unspecified atom stereocenters. The molecule has 15 heavy (non-hydrogen) atoms. The van der Waals surface area contributed by atoms with E-state index in [1.165, 1.54) is 6.07 Å². The summed E-state index contributed by atoms with van der Waals surface area (Å²) in [5.41, 5.74) is -0.218. The van der Waals surface area contributed by atoms with E-state index in [2.05, 4.69) is 0 Å². The number of halogens is 5. The van der Waals surface area contributed by atoms with Crippen LogP contribution in [0.5, 0.6) is 0 Å². The number of aliphatic hydroxyl groups excluding tert-OH is 1. The van der Waals surface area contributed by atoms with E-state index in [1.54, 1.807) is 0 Å². The zero-order valence-electron chi connectivity index (χ0n) is 7.35. The van der Waals surface area contributed by atoms with E-state index < -0.39 is 24.5 Å². The van der Waals surface area contributed by atoms with Crippen LogP contribution in [0.3, 0.4) is 0 Å². The lowest BCUT2D eigenvalue weighted by Gasteiger charge is -2.14. The van der Waals surface area contributed by atoms with Crippen molar-refractivity contribution in [1.29, 1.82) is 0 Å². The predicted octanol–water partition coefficient (Wildman–Crippen LogP) is 2.94. The molecule has 0 saturated carbocycles. The normalized spacial score (nSPS) is 14.0. The first-order valence-corrected chi connectivity index (χ1v) is 4.37. The minimum absolute atomic E-state index is 0.0951. The molecule has 0 spiro atoms. The Balaban J connectivity index is 2.82. The molecule has 0 amide bonds. The van der Waals surface area contributed by atoms with Gasteiger partial charge in [0.15, 0.2) is 6.10 Å². The fraction of sp³-hybridized carbons (Fsp3) is 0.333. The average Bonchev–Trinajstić information content (AvgIpc) is 2.08. The molecule has 0 aromatic heterocycles. The molecule has 0 saturated heterocycles. The zero-order chi connectivity index (χ0) is 11.6. The minimum atomic E-state index is -4.74. The number of alkyl halides is 3. The van der Waals surface area contributed by atoms with Crippen molar-refractivity contribution in [2.75, 3.05) is 0 Å². The van der Waals surface area contributed by atoms with E-state index in [0.29, 0.717) is 0 Å². The van der Waals surface area contributed by atoms with Crippen LogP contribution in [0.1, 0.15) is 5.56 Å². The Morgan fingerprint density at radius 1 is 1.33 bits per heavy atom. The Hall–Kier alpha value is -0.810. The van der Waals surface area contributed by atoms with Crippen LogP contribution < -0.4 is 0 Å². The standard InChI is InChI=1S/C9H7ClF4O/c10-6-2-1-5(7(11)4-6)3-8(15)9(12,13)14/h1-2,4,8,15H,3H2/t8-/m0/s1. The summed E-state index contributed by atoms with van der Waals surface area (Å²) in [6.45, 7) is 0. The fourth-order valence-electron chi connectivity index (χ4n) is 1.01. The van der Waals surface area contributed by atoms with E-state index in [9.17, 15) is 17.6 Å². The predicted molar refractivity (Wildman–Crippen MR) is 47.2 cm³/mol. The molecule has 0 radical (unpaired) electrons. The van der Waals surface area contributed by atoms with Crippen molar-refractivity contribution in [3.05, 3.63) is 34.6 Å². The van der Waals surface area contributed by atoms with Crippen LogP contribution >= 0.6 is 11.6 Å². The third-order valence-electron chi connectivity index (χ3n) is 1.81. The highest BCUT2D eigenvalue weighted by atomic mass is 35.5. The van der Waals surface area contributed by atoms with Gasteiger partial charge in [-0.15, -0.1) is 0 Å². The lowest BCUT2D eigenvalue weighted by molar-refractivity contribution is -0.203. The van der Waals surface area contributed by atoms with Gasteiger partial charge in [-0.05, 0) is 17.7 Å². The van der Waals surface area contributed by atoms with Crippen molar-refractivity contribution in [2.45, 2.75) is 18.7 Å². The van der Waals surface area contributed by atoms with Gasteiger partial charge in [0, 0.05) is 11.4 Å². The Morgan fingerprint density at radius 3 is 2.40 bits per heavy atom. The highest BCUT2D eigenvalue weighted by Gasteiger charge is 2.38. The van der Waals surface area contributed by atoms with Gasteiger partial charge in [0.1, 0.15) is 5.82 Å². The highest BCUT2D eigenvalue weighted by molar-refractivity contribution is 6.30. The third kappa shape index (κ3) is 3.35. The summed E-state index contributed by atoms with van der Waals surface area (Å²) in [6, 6.07) is 3.29. The molecule has 1 N–H and O–H groups in total. The molecule has 0 heterocycles. The van der Waals surface area contributed by atoms with Gasteiger partial charge in [0.25, 0.3) is 0 Å². The highest BCUT2D eigenvalue weighted by Crippen LogP contribution is 2.24. The molecule has 0 aliphatic rings. The maximum absolute atomic E-state index is 13.0. The van der Waals surface area contributed by atoms with Crippen molar-refractivity contribution in [1.82, 2.24) is 0 Å². The van der Waals surface area contributed by atoms with Gasteiger partial charge in [-0.3, -0.25) is 0 Å². The molecule has 1 atom stereocenters. The van der Waals surface area contributed by atoms with Crippen molar-refractivity contribution in [3.8, 4) is 0 Å². The average molecular weight is 243 g/mol. The summed E-state index contributed by atoms with van der Waals surface area (Å²) in [6.07, 6.45) is -8.12. The second-order valence-electron chi connectivity index (χ2n) is 3.00. The summed E-state index contributed by atoms with van der Waals surface area (Å²) in [4.78, 5) is 0. The van der Waals surface area contributed by atoms with Crippen LogP contribution in [-0.4, -0.2) is 17.4 Å². The number of hydrogen-bond acceptors (Lipinski definition) is 1. The molecule has 1 aromatic carbocycles. The van der Waals surface area contributed by atoms with Gasteiger partial charge < -0.3 is 5.11 Å².